The molecule has 2 aliphatic rings. The number of ether oxygens (including phenoxy) is 1. The summed E-state index contributed by atoms with van der Waals surface area (Å²) in [5.74, 6) is 1.40. The smallest absolute Gasteiger partial charge is 0.222 e. The number of amides is 1. The molecule has 1 aliphatic heterocycles. The molecule has 134 valence electrons. The Morgan fingerprint density at radius 3 is 2.58 bits per heavy atom. The van der Waals surface area contributed by atoms with Crippen molar-refractivity contribution >= 4 is 17.7 Å². The first-order chi connectivity index (χ1) is 12.5. The monoisotopic (exact) mass is 349 g/mol. The molecule has 1 saturated heterocycles. The van der Waals surface area contributed by atoms with Crippen molar-refractivity contribution in [1.29, 1.82) is 0 Å². The first-order valence-corrected chi connectivity index (χ1v) is 9.11. The van der Waals surface area contributed by atoms with E-state index in [1.807, 2.05) is 29.2 Å². The number of aryl methyl sites for hydroxylation is 2. The van der Waals surface area contributed by atoms with E-state index in [9.17, 15) is 9.90 Å². The topological polar surface area (TPSA) is 49.8 Å². The fourth-order valence-corrected chi connectivity index (χ4v) is 3.97. The van der Waals surface area contributed by atoms with Crippen LogP contribution in [-0.4, -0.2) is 35.6 Å². The molecule has 0 saturated carbocycles. The van der Waals surface area contributed by atoms with Gasteiger partial charge in [-0.25, -0.2) is 0 Å². The second kappa shape index (κ2) is 6.52. The molecular formula is C22H23NO3. The summed E-state index contributed by atoms with van der Waals surface area (Å²) in [6.07, 6.45) is 3.41. The highest BCUT2D eigenvalue weighted by atomic mass is 16.5. The van der Waals surface area contributed by atoms with Gasteiger partial charge in [0, 0.05) is 18.5 Å². The minimum atomic E-state index is 0.228. The number of aliphatic hydroxyl groups excluding tert-OH is 1. The van der Waals surface area contributed by atoms with Crippen molar-refractivity contribution in [2.24, 2.45) is 0 Å². The molecule has 0 aromatic heterocycles. The number of carbonyl (C=O) groups excluding carboxylic acids is 1. The third-order valence-corrected chi connectivity index (χ3v) is 5.22. The summed E-state index contributed by atoms with van der Waals surface area (Å²) in [5, 5.41) is 10.0. The van der Waals surface area contributed by atoms with Gasteiger partial charge in [-0.1, -0.05) is 18.2 Å². The Bertz CT molecular complexity index is 891. The van der Waals surface area contributed by atoms with E-state index in [0.717, 1.165) is 52.1 Å². The van der Waals surface area contributed by atoms with Crippen LogP contribution in [0.15, 0.2) is 30.3 Å². The van der Waals surface area contributed by atoms with Gasteiger partial charge in [-0.2, -0.15) is 0 Å². The molecule has 1 aliphatic carbocycles. The average molecular weight is 349 g/mol. The Hall–Kier alpha value is -2.75. The Kier molecular flexibility index (Phi) is 4.19. The highest BCUT2D eigenvalue weighted by molar-refractivity contribution is 5.99. The van der Waals surface area contributed by atoms with E-state index in [2.05, 4.69) is 19.9 Å². The van der Waals surface area contributed by atoms with E-state index in [0.29, 0.717) is 25.3 Å². The zero-order chi connectivity index (χ0) is 18.3. The molecule has 0 unspecified atom stereocenters. The van der Waals surface area contributed by atoms with Crippen molar-refractivity contribution in [1.82, 2.24) is 4.90 Å². The summed E-state index contributed by atoms with van der Waals surface area (Å²) in [5.41, 5.74) is 6.44. The molecule has 4 heteroatoms. The third-order valence-electron chi connectivity index (χ3n) is 5.22. The van der Waals surface area contributed by atoms with E-state index in [-0.39, 0.29) is 5.91 Å². The second-order valence-electron chi connectivity index (χ2n) is 7.06. The SMILES string of the molecule is Cc1cc(OCCN2CCCC2=O)cc(C)c1-c1cccc2c1C(O)=C2. The first kappa shape index (κ1) is 16.7. The Balaban J connectivity index is 1.53. The fourth-order valence-electron chi connectivity index (χ4n) is 3.97. The van der Waals surface area contributed by atoms with Crippen molar-refractivity contribution in [3.63, 3.8) is 0 Å². The minimum Gasteiger partial charge on any atom is -0.507 e. The van der Waals surface area contributed by atoms with Crippen molar-refractivity contribution in [2.45, 2.75) is 26.7 Å². The predicted octanol–water partition coefficient (Wildman–Crippen LogP) is 4.34. The summed E-state index contributed by atoms with van der Waals surface area (Å²) in [7, 11) is 0. The van der Waals surface area contributed by atoms with Gasteiger partial charge in [0.15, 0.2) is 0 Å². The molecular weight excluding hydrogens is 326 g/mol. The normalized spacial score (nSPS) is 15.5. The Morgan fingerprint density at radius 1 is 1.15 bits per heavy atom. The van der Waals surface area contributed by atoms with E-state index in [1.165, 1.54) is 0 Å². The van der Waals surface area contributed by atoms with Gasteiger partial charge >= 0.3 is 0 Å². The average Bonchev–Trinajstić information content (AvgIpc) is 2.98. The number of hydrogen-bond acceptors (Lipinski definition) is 3. The lowest BCUT2D eigenvalue weighted by atomic mass is 9.84. The Morgan fingerprint density at radius 2 is 1.92 bits per heavy atom. The Labute approximate surface area is 153 Å². The molecule has 4 rings (SSSR count). The van der Waals surface area contributed by atoms with Gasteiger partial charge in [0.05, 0.1) is 6.54 Å². The number of rotatable bonds is 5. The third kappa shape index (κ3) is 2.85. The maximum Gasteiger partial charge on any atom is 0.222 e. The van der Waals surface area contributed by atoms with Crippen LogP contribution < -0.4 is 4.74 Å². The van der Waals surface area contributed by atoms with Crippen molar-refractivity contribution in [3.05, 3.63) is 52.6 Å². The van der Waals surface area contributed by atoms with Gasteiger partial charge in [-0.05, 0) is 66.3 Å². The van der Waals surface area contributed by atoms with Crippen LogP contribution in [0.5, 0.6) is 5.75 Å². The zero-order valence-electron chi connectivity index (χ0n) is 15.2. The van der Waals surface area contributed by atoms with Crippen LogP contribution in [-0.2, 0) is 4.79 Å². The van der Waals surface area contributed by atoms with Gasteiger partial charge in [0.1, 0.15) is 18.1 Å². The quantitative estimate of drug-likeness (QED) is 0.873. The van der Waals surface area contributed by atoms with Crippen LogP contribution in [0.2, 0.25) is 0 Å². The van der Waals surface area contributed by atoms with Crippen molar-refractivity contribution in [3.8, 4) is 16.9 Å². The maximum atomic E-state index is 11.7. The number of fused-ring (bicyclic) bond motifs is 1. The van der Waals surface area contributed by atoms with E-state index in [4.69, 9.17) is 4.74 Å². The van der Waals surface area contributed by atoms with E-state index >= 15 is 0 Å². The number of hydrogen-bond donors (Lipinski definition) is 1. The zero-order valence-corrected chi connectivity index (χ0v) is 15.2. The molecule has 1 amide bonds. The van der Waals surface area contributed by atoms with Crippen molar-refractivity contribution in [2.75, 3.05) is 19.7 Å². The number of carbonyl (C=O) groups is 1. The summed E-state index contributed by atoms with van der Waals surface area (Å²) in [4.78, 5) is 13.5. The molecule has 26 heavy (non-hydrogen) atoms. The molecule has 4 nitrogen and oxygen atoms in total. The predicted molar refractivity (Wildman–Crippen MR) is 103 cm³/mol. The lowest BCUT2D eigenvalue weighted by molar-refractivity contribution is -0.128. The van der Waals surface area contributed by atoms with Crippen LogP contribution in [0.3, 0.4) is 0 Å². The molecule has 1 fully saturated rings. The lowest BCUT2D eigenvalue weighted by Gasteiger charge is -2.22. The van der Waals surface area contributed by atoms with Crippen LogP contribution in [0.1, 0.15) is 35.1 Å². The highest BCUT2D eigenvalue weighted by Crippen LogP contribution is 2.41. The standard InChI is InChI=1S/C22H23NO3/c1-14-11-17(26-10-9-23-8-4-7-20(23)25)12-15(2)21(14)18-6-3-5-16-13-19(24)22(16)18/h3,5-6,11-13,24H,4,7-10H2,1-2H3. The van der Waals surface area contributed by atoms with Crippen LogP contribution in [0.4, 0.5) is 0 Å². The van der Waals surface area contributed by atoms with Gasteiger partial charge in [0.2, 0.25) is 5.91 Å². The maximum absolute atomic E-state index is 11.7. The van der Waals surface area contributed by atoms with Gasteiger partial charge < -0.3 is 14.7 Å². The van der Waals surface area contributed by atoms with Gasteiger partial charge in [0.25, 0.3) is 0 Å². The molecule has 0 bridgehead atoms. The number of nitrogens with zero attached hydrogens (tertiary/aromatic N) is 1. The molecule has 0 spiro atoms. The van der Waals surface area contributed by atoms with Gasteiger partial charge in [-0.3, -0.25) is 4.79 Å². The molecule has 0 radical (unpaired) electrons. The molecule has 2 aromatic carbocycles. The highest BCUT2D eigenvalue weighted by Gasteiger charge is 2.22. The number of aliphatic hydroxyl groups is 1. The molecule has 0 atom stereocenters. The second-order valence-corrected chi connectivity index (χ2v) is 7.06. The fraction of sp³-hybridized carbons (Fsp3) is 0.318. The van der Waals surface area contributed by atoms with E-state index < -0.39 is 0 Å². The number of likely N-dealkylation sites (tertiary alicyclic amines) is 1. The largest absolute Gasteiger partial charge is 0.507 e. The van der Waals surface area contributed by atoms with Crippen LogP contribution >= 0.6 is 0 Å². The van der Waals surface area contributed by atoms with E-state index in [1.54, 1.807) is 6.08 Å². The lowest BCUT2D eigenvalue weighted by Crippen LogP contribution is -2.29. The minimum absolute atomic E-state index is 0.228. The van der Waals surface area contributed by atoms with Crippen molar-refractivity contribution < 1.29 is 14.6 Å². The number of benzene rings is 2. The first-order valence-electron chi connectivity index (χ1n) is 9.11. The van der Waals surface area contributed by atoms with Crippen LogP contribution in [0, 0.1) is 13.8 Å². The summed E-state index contributed by atoms with van der Waals surface area (Å²) in [6.45, 7) is 6.13. The molecule has 1 N–H and O–H groups in total. The summed E-state index contributed by atoms with van der Waals surface area (Å²) < 4.78 is 5.90. The van der Waals surface area contributed by atoms with Crippen LogP contribution in [0.25, 0.3) is 23.0 Å². The van der Waals surface area contributed by atoms with Gasteiger partial charge in [-0.15, -0.1) is 0 Å². The molecule has 1 heterocycles. The molecule has 2 aromatic rings. The summed E-state index contributed by atoms with van der Waals surface area (Å²) >= 11 is 0. The summed E-state index contributed by atoms with van der Waals surface area (Å²) in [6, 6.07) is 10.2.